The highest BCUT2D eigenvalue weighted by Crippen LogP contribution is 2.39. The van der Waals surface area contributed by atoms with Crippen molar-refractivity contribution in [1.29, 1.82) is 5.26 Å². The number of hydrogen-bond donors (Lipinski definition) is 1. The zero-order valence-corrected chi connectivity index (χ0v) is 10.0. The molecule has 0 bridgehead atoms. The Labute approximate surface area is 104 Å². The summed E-state index contributed by atoms with van der Waals surface area (Å²) in [5, 5.41) is 12.2. The number of nitrogens with zero attached hydrogens (tertiary/aromatic N) is 1. The molecule has 1 unspecified atom stereocenters. The summed E-state index contributed by atoms with van der Waals surface area (Å²) in [5.41, 5.74) is -0.821. The van der Waals surface area contributed by atoms with Crippen molar-refractivity contribution in [1.82, 2.24) is 5.32 Å². The summed E-state index contributed by atoms with van der Waals surface area (Å²) in [6, 6.07) is 5.20. The summed E-state index contributed by atoms with van der Waals surface area (Å²) in [6.07, 6.45) is 1.90. The lowest BCUT2D eigenvalue weighted by Gasteiger charge is -2.26. The molecule has 0 aromatic heterocycles. The maximum absolute atomic E-state index is 13.4. The second-order valence-corrected chi connectivity index (χ2v) is 4.47. The Morgan fingerprint density at radius 2 is 2.22 bits per heavy atom. The van der Waals surface area contributed by atoms with Crippen LogP contribution in [0.4, 0.5) is 8.78 Å². The Kier molecular flexibility index (Phi) is 3.48. The van der Waals surface area contributed by atoms with E-state index in [1.807, 2.05) is 0 Å². The Balaban J connectivity index is 2.10. The van der Waals surface area contributed by atoms with Crippen molar-refractivity contribution in [3.8, 4) is 11.8 Å². The number of ether oxygens (including phenoxy) is 1. The van der Waals surface area contributed by atoms with Gasteiger partial charge in [0.15, 0.2) is 11.6 Å². The zero-order valence-electron chi connectivity index (χ0n) is 10.0. The summed E-state index contributed by atoms with van der Waals surface area (Å²) in [6.45, 7) is 0.00500. The molecule has 0 radical (unpaired) electrons. The maximum Gasteiger partial charge on any atom is 0.165 e. The van der Waals surface area contributed by atoms with E-state index in [1.165, 1.54) is 0 Å². The Hall–Kier alpha value is -1.67. The van der Waals surface area contributed by atoms with Gasteiger partial charge >= 0.3 is 0 Å². The first-order valence-electron chi connectivity index (χ1n) is 5.79. The van der Waals surface area contributed by atoms with Crippen LogP contribution < -0.4 is 10.1 Å². The summed E-state index contributed by atoms with van der Waals surface area (Å²) in [5.74, 6) is -1.14. The van der Waals surface area contributed by atoms with Gasteiger partial charge in [0, 0.05) is 6.07 Å². The Morgan fingerprint density at radius 3 is 2.78 bits per heavy atom. The lowest BCUT2D eigenvalue weighted by atomic mass is 9.96. The summed E-state index contributed by atoms with van der Waals surface area (Å²) in [4.78, 5) is 0. The van der Waals surface area contributed by atoms with Crippen molar-refractivity contribution in [3.05, 3.63) is 29.8 Å². The van der Waals surface area contributed by atoms with Gasteiger partial charge in [-0.25, -0.2) is 8.78 Å². The molecule has 1 aromatic rings. The highest BCUT2D eigenvalue weighted by Gasteiger charge is 2.45. The lowest BCUT2D eigenvalue weighted by molar-refractivity contribution is 0.203. The Morgan fingerprint density at radius 1 is 1.50 bits per heavy atom. The van der Waals surface area contributed by atoms with Crippen LogP contribution in [0.15, 0.2) is 18.2 Å². The number of halogens is 2. The van der Waals surface area contributed by atoms with E-state index in [0.29, 0.717) is 0 Å². The van der Waals surface area contributed by atoms with Crippen molar-refractivity contribution in [2.75, 3.05) is 13.7 Å². The fraction of sp³-hybridized carbons (Fsp3) is 0.462. The summed E-state index contributed by atoms with van der Waals surface area (Å²) < 4.78 is 31.6. The van der Waals surface area contributed by atoms with E-state index in [4.69, 9.17) is 4.74 Å². The second-order valence-electron chi connectivity index (χ2n) is 4.47. The van der Waals surface area contributed by atoms with Crippen LogP contribution >= 0.6 is 0 Å². The third-order valence-corrected chi connectivity index (χ3v) is 3.27. The number of likely N-dealkylation sites (N-methyl/N-ethyl adjacent to an activating group) is 1. The van der Waals surface area contributed by atoms with Gasteiger partial charge in [0.05, 0.1) is 6.07 Å². The highest BCUT2D eigenvalue weighted by atomic mass is 19.1. The predicted octanol–water partition coefficient (Wildman–Crippen LogP) is 2.24. The predicted molar refractivity (Wildman–Crippen MR) is 62.0 cm³/mol. The van der Waals surface area contributed by atoms with Gasteiger partial charge in [-0.05, 0) is 37.9 Å². The largest absolute Gasteiger partial charge is 0.487 e. The van der Waals surface area contributed by atoms with Crippen LogP contribution in [-0.4, -0.2) is 19.2 Å². The average Bonchev–Trinajstić information content (AvgIpc) is 3.20. The van der Waals surface area contributed by atoms with Crippen molar-refractivity contribution in [3.63, 3.8) is 0 Å². The number of rotatable bonds is 5. The smallest absolute Gasteiger partial charge is 0.165 e. The van der Waals surface area contributed by atoms with Crippen LogP contribution in [0.5, 0.6) is 5.75 Å². The molecule has 1 aromatic carbocycles. The normalized spacial score (nSPS) is 17.9. The lowest BCUT2D eigenvalue weighted by Crippen LogP contribution is -2.49. The van der Waals surface area contributed by atoms with E-state index in [0.717, 1.165) is 31.0 Å². The standard InChI is InChI=1S/C13H14F2N2O/c1-17-13(7-16,9-2-3-9)8-18-12-6-10(14)4-5-11(12)15/h4-6,9,17H,2-3,8H2,1H3. The molecular formula is C13H14F2N2O. The number of nitrogens with one attached hydrogen (secondary N) is 1. The molecule has 1 fully saturated rings. The molecule has 96 valence electrons. The molecule has 18 heavy (non-hydrogen) atoms. The van der Waals surface area contributed by atoms with Crippen LogP contribution in [0.25, 0.3) is 0 Å². The number of benzene rings is 1. The molecule has 1 aliphatic carbocycles. The number of nitriles is 1. The van der Waals surface area contributed by atoms with Gasteiger partial charge in [-0.15, -0.1) is 0 Å². The van der Waals surface area contributed by atoms with E-state index >= 15 is 0 Å². The number of hydrogen-bond acceptors (Lipinski definition) is 3. The van der Waals surface area contributed by atoms with Crippen LogP contribution in [0.3, 0.4) is 0 Å². The van der Waals surface area contributed by atoms with E-state index in [9.17, 15) is 14.0 Å². The minimum atomic E-state index is -0.821. The molecule has 1 N–H and O–H groups in total. The molecule has 1 aliphatic rings. The topological polar surface area (TPSA) is 45.0 Å². The maximum atomic E-state index is 13.4. The highest BCUT2D eigenvalue weighted by molar-refractivity contribution is 5.26. The molecule has 2 rings (SSSR count). The van der Waals surface area contributed by atoms with Crippen LogP contribution in [-0.2, 0) is 0 Å². The molecule has 0 aliphatic heterocycles. The second kappa shape index (κ2) is 4.91. The van der Waals surface area contributed by atoms with Crippen LogP contribution in [0.1, 0.15) is 12.8 Å². The molecule has 0 heterocycles. The molecule has 0 amide bonds. The van der Waals surface area contributed by atoms with E-state index in [2.05, 4.69) is 11.4 Å². The zero-order chi connectivity index (χ0) is 13.2. The average molecular weight is 252 g/mol. The van der Waals surface area contributed by atoms with Gasteiger partial charge in [-0.2, -0.15) is 5.26 Å². The van der Waals surface area contributed by atoms with Gasteiger partial charge in [-0.3, -0.25) is 5.32 Å². The fourth-order valence-corrected chi connectivity index (χ4v) is 1.93. The molecule has 3 nitrogen and oxygen atoms in total. The van der Waals surface area contributed by atoms with E-state index in [1.54, 1.807) is 7.05 Å². The SMILES string of the molecule is CNC(C#N)(COc1cc(F)ccc1F)C1CC1. The van der Waals surface area contributed by atoms with E-state index in [-0.39, 0.29) is 18.3 Å². The van der Waals surface area contributed by atoms with Gasteiger partial charge < -0.3 is 4.74 Å². The first-order chi connectivity index (χ1) is 8.61. The molecule has 0 spiro atoms. The van der Waals surface area contributed by atoms with Crippen LogP contribution in [0.2, 0.25) is 0 Å². The first-order valence-corrected chi connectivity index (χ1v) is 5.79. The van der Waals surface area contributed by atoms with Crippen LogP contribution in [0, 0.1) is 28.9 Å². The first kappa shape index (κ1) is 12.8. The van der Waals surface area contributed by atoms with Crippen molar-refractivity contribution in [2.24, 2.45) is 5.92 Å². The van der Waals surface area contributed by atoms with Gasteiger partial charge in [0.2, 0.25) is 0 Å². The molecule has 1 saturated carbocycles. The summed E-state index contributed by atoms with van der Waals surface area (Å²) >= 11 is 0. The molecular weight excluding hydrogens is 238 g/mol. The van der Waals surface area contributed by atoms with Gasteiger partial charge in [0.1, 0.15) is 18.0 Å². The summed E-state index contributed by atoms with van der Waals surface area (Å²) in [7, 11) is 1.67. The fourth-order valence-electron chi connectivity index (χ4n) is 1.93. The molecule has 1 atom stereocenters. The van der Waals surface area contributed by atoms with E-state index < -0.39 is 17.2 Å². The molecule has 5 heteroatoms. The minimum Gasteiger partial charge on any atom is -0.487 e. The third kappa shape index (κ3) is 2.44. The molecule has 0 saturated heterocycles. The van der Waals surface area contributed by atoms with Gasteiger partial charge in [0.25, 0.3) is 0 Å². The monoisotopic (exact) mass is 252 g/mol. The third-order valence-electron chi connectivity index (χ3n) is 3.27. The minimum absolute atomic E-state index is 0.00500. The Bertz CT molecular complexity index is 482. The quantitative estimate of drug-likeness (QED) is 0.874. The van der Waals surface area contributed by atoms with Crippen molar-refractivity contribution in [2.45, 2.75) is 18.4 Å². The van der Waals surface area contributed by atoms with Gasteiger partial charge in [-0.1, -0.05) is 0 Å². The van der Waals surface area contributed by atoms with Crippen molar-refractivity contribution < 1.29 is 13.5 Å². The van der Waals surface area contributed by atoms with Crippen molar-refractivity contribution >= 4 is 0 Å².